The van der Waals surface area contributed by atoms with Crippen LogP contribution in [0.5, 0.6) is 0 Å². The van der Waals surface area contributed by atoms with Crippen LogP contribution in [0, 0.1) is 18.3 Å². The van der Waals surface area contributed by atoms with Crippen molar-refractivity contribution >= 4 is 0 Å². The van der Waals surface area contributed by atoms with E-state index < -0.39 is 0 Å². The van der Waals surface area contributed by atoms with Crippen molar-refractivity contribution in [3.63, 3.8) is 0 Å². The van der Waals surface area contributed by atoms with Crippen LogP contribution in [0.4, 0.5) is 0 Å². The average Bonchev–Trinajstić information content (AvgIpc) is 1.57. The minimum Gasteiger partial charge on any atom is -0.0528 e. The molecule has 0 heterocycles. The van der Waals surface area contributed by atoms with Gasteiger partial charge in [-0.1, -0.05) is 38.5 Å². The maximum atomic E-state index is 2.62. The SMILES string of the molecule is [CH](C1CCC1)C1CCC1. The Morgan fingerprint density at radius 3 is 1.44 bits per heavy atom. The van der Waals surface area contributed by atoms with Crippen LogP contribution in [0.15, 0.2) is 0 Å². The molecule has 0 aliphatic heterocycles. The van der Waals surface area contributed by atoms with Crippen LogP contribution in [0.25, 0.3) is 0 Å². The van der Waals surface area contributed by atoms with Gasteiger partial charge < -0.3 is 0 Å². The van der Waals surface area contributed by atoms with Crippen molar-refractivity contribution in [2.75, 3.05) is 0 Å². The van der Waals surface area contributed by atoms with E-state index in [0.717, 1.165) is 11.8 Å². The highest BCUT2D eigenvalue weighted by Crippen LogP contribution is 2.38. The fraction of sp³-hybridized carbons (Fsp3) is 0.889. The van der Waals surface area contributed by atoms with E-state index >= 15 is 0 Å². The van der Waals surface area contributed by atoms with E-state index in [-0.39, 0.29) is 0 Å². The molecule has 2 rings (SSSR count). The Labute approximate surface area is 57.6 Å². The van der Waals surface area contributed by atoms with Crippen LogP contribution in [0.1, 0.15) is 38.5 Å². The van der Waals surface area contributed by atoms with Gasteiger partial charge in [0.25, 0.3) is 0 Å². The molecule has 0 N–H and O–H groups in total. The molecule has 2 fully saturated rings. The minimum absolute atomic E-state index is 1.04. The van der Waals surface area contributed by atoms with Crippen molar-refractivity contribution < 1.29 is 0 Å². The van der Waals surface area contributed by atoms with Crippen LogP contribution >= 0.6 is 0 Å². The summed E-state index contributed by atoms with van der Waals surface area (Å²) in [6.45, 7) is 0. The van der Waals surface area contributed by atoms with Crippen molar-refractivity contribution in [3.8, 4) is 0 Å². The van der Waals surface area contributed by atoms with Gasteiger partial charge in [-0.2, -0.15) is 0 Å². The molecule has 0 saturated heterocycles. The molecule has 51 valence electrons. The van der Waals surface area contributed by atoms with E-state index in [1.54, 1.807) is 0 Å². The highest BCUT2D eigenvalue weighted by molar-refractivity contribution is 4.91. The topological polar surface area (TPSA) is 0 Å². The predicted molar refractivity (Wildman–Crippen MR) is 39.0 cm³/mol. The Kier molecular flexibility index (Phi) is 1.48. The van der Waals surface area contributed by atoms with Crippen LogP contribution in [-0.2, 0) is 0 Å². The molecule has 0 atom stereocenters. The number of hydrogen-bond donors (Lipinski definition) is 0. The maximum absolute atomic E-state index is 2.62. The molecular formula is C9H15. The third-order valence-corrected chi connectivity index (χ3v) is 2.84. The van der Waals surface area contributed by atoms with Crippen molar-refractivity contribution in [1.29, 1.82) is 0 Å². The number of hydrogen-bond acceptors (Lipinski definition) is 0. The Morgan fingerprint density at radius 2 is 1.22 bits per heavy atom. The molecule has 0 aromatic rings. The van der Waals surface area contributed by atoms with Gasteiger partial charge in [-0.15, -0.1) is 0 Å². The first-order valence-electron chi connectivity index (χ1n) is 4.30. The molecule has 0 amide bonds. The van der Waals surface area contributed by atoms with Gasteiger partial charge in [0, 0.05) is 0 Å². The van der Waals surface area contributed by atoms with Gasteiger partial charge in [0.2, 0.25) is 0 Å². The molecule has 0 aromatic heterocycles. The lowest BCUT2D eigenvalue weighted by Crippen LogP contribution is -2.21. The molecule has 0 heteroatoms. The van der Waals surface area contributed by atoms with Gasteiger partial charge >= 0.3 is 0 Å². The Hall–Kier alpha value is 0. The summed E-state index contributed by atoms with van der Waals surface area (Å²) >= 11 is 0. The van der Waals surface area contributed by atoms with Gasteiger partial charge in [-0.3, -0.25) is 0 Å². The second kappa shape index (κ2) is 2.32. The zero-order chi connectivity index (χ0) is 6.10. The lowest BCUT2D eigenvalue weighted by Gasteiger charge is -2.33. The summed E-state index contributed by atoms with van der Waals surface area (Å²) < 4.78 is 0. The molecule has 0 aromatic carbocycles. The smallest absolute Gasteiger partial charge is 0.0324 e. The Balaban J connectivity index is 1.64. The summed E-state index contributed by atoms with van der Waals surface area (Å²) in [7, 11) is 0. The van der Waals surface area contributed by atoms with Gasteiger partial charge in [0.15, 0.2) is 0 Å². The summed E-state index contributed by atoms with van der Waals surface area (Å²) in [6.07, 6.45) is 11.6. The number of rotatable bonds is 2. The third kappa shape index (κ3) is 1.12. The first-order valence-corrected chi connectivity index (χ1v) is 4.30. The quantitative estimate of drug-likeness (QED) is 0.529. The summed E-state index contributed by atoms with van der Waals surface area (Å²) in [5.41, 5.74) is 0. The van der Waals surface area contributed by atoms with Gasteiger partial charge in [0.05, 0.1) is 0 Å². The minimum atomic E-state index is 1.04. The fourth-order valence-corrected chi connectivity index (χ4v) is 1.65. The van der Waals surface area contributed by atoms with E-state index in [2.05, 4.69) is 6.42 Å². The molecule has 2 aliphatic rings. The Morgan fingerprint density at radius 1 is 0.778 bits per heavy atom. The lowest BCUT2D eigenvalue weighted by molar-refractivity contribution is 0.269. The first-order chi connectivity index (χ1) is 4.45. The summed E-state index contributed by atoms with van der Waals surface area (Å²) in [4.78, 5) is 0. The van der Waals surface area contributed by atoms with Crippen LogP contribution in [0.3, 0.4) is 0 Å². The molecule has 0 bridgehead atoms. The molecule has 2 saturated carbocycles. The van der Waals surface area contributed by atoms with E-state index in [9.17, 15) is 0 Å². The largest absolute Gasteiger partial charge is 0.0528 e. The summed E-state index contributed by atoms with van der Waals surface area (Å²) in [5.74, 6) is 2.07. The second-order valence-corrected chi connectivity index (χ2v) is 3.57. The van der Waals surface area contributed by atoms with Crippen molar-refractivity contribution in [2.24, 2.45) is 11.8 Å². The fourth-order valence-electron chi connectivity index (χ4n) is 1.65. The van der Waals surface area contributed by atoms with E-state index in [1.165, 1.54) is 38.5 Å². The van der Waals surface area contributed by atoms with E-state index in [1.807, 2.05) is 0 Å². The van der Waals surface area contributed by atoms with Crippen LogP contribution in [-0.4, -0.2) is 0 Å². The first kappa shape index (κ1) is 5.76. The normalized spacial score (nSPS) is 29.3. The van der Waals surface area contributed by atoms with Crippen molar-refractivity contribution in [3.05, 3.63) is 6.42 Å². The zero-order valence-electron chi connectivity index (χ0n) is 5.97. The second-order valence-electron chi connectivity index (χ2n) is 3.57. The molecule has 9 heavy (non-hydrogen) atoms. The summed E-state index contributed by atoms with van der Waals surface area (Å²) in [5, 5.41) is 0. The summed E-state index contributed by atoms with van der Waals surface area (Å²) in [6, 6.07) is 0. The predicted octanol–water partition coefficient (Wildman–Crippen LogP) is 2.79. The van der Waals surface area contributed by atoms with Crippen LogP contribution < -0.4 is 0 Å². The van der Waals surface area contributed by atoms with Gasteiger partial charge in [-0.05, 0) is 18.3 Å². The standard InChI is InChI=1S/C9H15/c1-3-8(4-1)7-9-5-2-6-9/h7-9H,1-6H2. The van der Waals surface area contributed by atoms with Gasteiger partial charge in [-0.25, -0.2) is 0 Å². The lowest BCUT2D eigenvalue weighted by atomic mass is 9.72. The van der Waals surface area contributed by atoms with Crippen molar-refractivity contribution in [1.82, 2.24) is 0 Å². The van der Waals surface area contributed by atoms with E-state index in [0.29, 0.717) is 0 Å². The molecule has 0 unspecified atom stereocenters. The zero-order valence-corrected chi connectivity index (χ0v) is 5.97. The van der Waals surface area contributed by atoms with Crippen molar-refractivity contribution in [2.45, 2.75) is 38.5 Å². The molecular weight excluding hydrogens is 108 g/mol. The van der Waals surface area contributed by atoms with Gasteiger partial charge in [0.1, 0.15) is 0 Å². The monoisotopic (exact) mass is 123 g/mol. The molecule has 2 aliphatic carbocycles. The molecule has 0 nitrogen and oxygen atoms in total. The molecule has 1 radical (unpaired) electrons. The Bertz CT molecular complexity index is 76.2. The van der Waals surface area contributed by atoms with Crippen LogP contribution in [0.2, 0.25) is 0 Å². The van der Waals surface area contributed by atoms with E-state index in [4.69, 9.17) is 0 Å². The molecule has 0 spiro atoms. The third-order valence-electron chi connectivity index (χ3n) is 2.84. The average molecular weight is 123 g/mol. The highest BCUT2D eigenvalue weighted by atomic mass is 14.3. The maximum Gasteiger partial charge on any atom is -0.0324 e. The highest BCUT2D eigenvalue weighted by Gasteiger charge is 2.25.